The summed E-state index contributed by atoms with van der Waals surface area (Å²) in [7, 11) is 0. The molecule has 0 aromatic carbocycles. The van der Waals surface area contributed by atoms with E-state index in [1.807, 2.05) is 0 Å². The van der Waals surface area contributed by atoms with Crippen LogP contribution in [0.4, 0.5) is 0 Å². The van der Waals surface area contributed by atoms with E-state index in [1.165, 1.54) is 51.7 Å². The van der Waals surface area contributed by atoms with Gasteiger partial charge in [-0.3, -0.25) is 0 Å². The van der Waals surface area contributed by atoms with Gasteiger partial charge in [-0.1, -0.05) is 19.8 Å². The third kappa shape index (κ3) is 2.73. The maximum Gasteiger partial charge on any atom is 0.00129 e. The summed E-state index contributed by atoms with van der Waals surface area (Å²) in [6.45, 7) is 7.19. The maximum absolute atomic E-state index is 5.74. The molecule has 3 unspecified atom stereocenters. The first kappa shape index (κ1) is 11.4. The summed E-state index contributed by atoms with van der Waals surface area (Å²) >= 11 is 0. The highest BCUT2D eigenvalue weighted by Gasteiger charge is 2.35. The van der Waals surface area contributed by atoms with Crippen molar-refractivity contribution in [2.75, 3.05) is 26.2 Å². The molecular weight excluding hydrogens is 184 g/mol. The van der Waals surface area contributed by atoms with Gasteiger partial charge in [0, 0.05) is 13.1 Å². The van der Waals surface area contributed by atoms with E-state index in [0.717, 1.165) is 24.3 Å². The van der Waals surface area contributed by atoms with Gasteiger partial charge in [0.2, 0.25) is 0 Å². The van der Waals surface area contributed by atoms with Crippen molar-refractivity contribution < 1.29 is 0 Å². The van der Waals surface area contributed by atoms with Crippen LogP contribution in [0.15, 0.2) is 0 Å². The molecule has 0 radical (unpaired) electrons. The number of nitrogens with zero attached hydrogens (tertiary/aromatic N) is 1. The van der Waals surface area contributed by atoms with Crippen molar-refractivity contribution in [3.63, 3.8) is 0 Å². The van der Waals surface area contributed by atoms with Crippen molar-refractivity contribution in [1.29, 1.82) is 0 Å². The maximum atomic E-state index is 5.74. The van der Waals surface area contributed by atoms with Crippen LogP contribution in [-0.4, -0.2) is 31.1 Å². The van der Waals surface area contributed by atoms with Crippen LogP contribution in [0.25, 0.3) is 0 Å². The topological polar surface area (TPSA) is 29.3 Å². The van der Waals surface area contributed by atoms with Crippen LogP contribution < -0.4 is 5.73 Å². The largest absolute Gasteiger partial charge is 0.330 e. The van der Waals surface area contributed by atoms with E-state index in [0.29, 0.717) is 0 Å². The molecule has 1 aliphatic carbocycles. The number of hydrogen-bond acceptors (Lipinski definition) is 2. The second-order valence-electron chi connectivity index (χ2n) is 5.51. The molecule has 1 saturated carbocycles. The summed E-state index contributed by atoms with van der Waals surface area (Å²) in [6.07, 6.45) is 7.04. The number of rotatable bonds is 5. The van der Waals surface area contributed by atoms with Gasteiger partial charge in [-0.2, -0.15) is 0 Å². The molecule has 15 heavy (non-hydrogen) atoms. The number of likely N-dealkylation sites (tertiary alicyclic amines) is 1. The van der Waals surface area contributed by atoms with Gasteiger partial charge in [0.1, 0.15) is 0 Å². The molecule has 2 rings (SSSR count). The van der Waals surface area contributed by atoms with Gasteiger partial charge in [0.15, 0.2) is 0 Å². The summed E-state index contributed by atoms with van der Waals surface area (Å²) < 4.78 is 0. The Morgan fingerprint density at radius 1 is 1.27 bits per heavy atom. The molecule has 2 nitrogen and oxygen atoms in total. The van der Waals surface area contributed by atoms with E-state index in [1.54, 1.807) is 0 Å². The summed E-state index contributed by atoms with van der Waals surface area (Å²) in [4.78, 5) is 2.69. The molecule has 88 valence electrons. The fourth-order valence-corrected chi connectivity index (χ4v) is 3.37. The van der Waals surface area contributed by atoms with Gasteiger partial charge in [-0.25, -0.2) is 0 Å². The quantitative estimate of drug-likeness (QED) is 0.753. The minimum atomic E-state index is 0.755. The normalized spacial score (nSPS) is 33.2. The first-order chi connectivity index (χ1) is 7.33. The van der Waals surface area contributed by atoms with Crippen LogP contribution in [0, 0.1) is 17.8 Å². The Hall–Kier alpha value is -0.0800. The zero-order valence-corrected chi connectivity index (χ0v) is 10.1. The Labute approximate surface area is 94.2 Å². The van der Waals surface area contributed by atoms with Crippen molar-refractivity contribution >= 4 is 0 Å². The predicted molar refractivity (Wildman–Crippen MR) is 64.7 cm³/mol. The smallest absolute Gasteiger partial charge is 0.00129 e. The van der Waals surface area contributed by atoms with E-state index in [4.69, 9.17) is 5.73 Å². The zero-order valence-electron chi connectivity index (χ0n) is 10.1. The molecule has 1 heterocycles. The van der Waals surface area contributed by atoms with Crippen molar-refractivity contribution in [3.05, 3.63) is 0 Å². The SMILES string of the molecule is CCC(CN)CCN1CC2CCCC2C1. The fourth-order valence-electron chi connectivity index (χ4n) is 3.37. The van der Waals surface area contributed by atoms with Gasteiger partial charge in [0.05, 0.1) is 0 Å². The molecule has 1 saturated heterocycles. The number of hydrogen-bond donors (Lipinski definition) is 1. The molecule has 0 amide bonds. The number of nitrogens with two attached hydrogens (primary N) is 1. The van der Waals surface area contributed by atoms with Gasteiger partial charge in [0.25, 0.3) is 0 Å². The Balaban J connectivity index is 1.68. The highest BCUT2D eigenvalue weighted by atomic mass is 15.2. The monoisotopic (exact) mass is 210 g/mol. The Morgan fingerprint density at radius 3 is 2.47 bits per heavy atom. The fraction of sp³-hybridized carbons (Fsp3) is 1.00. The minimum absolute atomic E-state index is 0.755. The molecule has 3 atom stereocenters. The lowest BCUT2D eigenvalue weighted by Crippen LogP contribution is -2.26. The van der Waals surface area contributed by atoms with Gasteiger partial charge < -0.3 is 10.6 Å². The van der Waals surface area contributed by atoms with E-state index < -0.39 is 0 Å². The molecule has 2 fully saturated rings. The van der Waals surface area contributed by atoms with Crippen molar-refractivity contribution in [2.24, 2.45) is 23.5 Å². The van der Waals surface area contributed by atoms with Crippen molar-refractivity contribution in [3.8, 4) is 0 Å². The van der Waals surface area contributed by atoms with E-state index in [-0.39, 0.29) is 0 Å². The Kier molecular flexibility index (Phi) is 4.04. The molecule has 1 aliphatic heterocycles. The lowest BCUT2D eigenvalue weighted by atomic mass is 10.0. The van der Waals surface area contributed by atoms with E-state index in [9.17, 15) is 0 Å². The van der Waals surface area contributed by atoms with E-state index >= 15 is 0 Å². The molecule has 2 N–H and O–H groups in total. The number of fused-ring (bicyclic) bond motifs is 1. The summed E-state index contributed by atoms with van der Waals surface area (Å²) in [5, 5.41) is 0. The van der Waals surface area contributed by atoms with Crippen LogP contribution >= 0.6 is 0 Å². The summed E-state index contributed by atoms with van der Waals surface area (Å²) in [5.74, 6) is 2.84. The summed E-state index contributed by atoms with van der Waals surface area (Å²) in [6, 6.07) is 0. The lowest BCUT2D eigenvalue weighted by Gasteiger charge is -2.20. The van der Waals surface area contributed by atoms with Gasteiger partial charge in [-0.05, 0) is 50.1 Å². The Bertz CT molecular complexity index is 177. The molecule has 0 aromatic heterocycles. The molecule has 2 heteroatoms. The van der Waals surface area contributed by atoms with Crippen molar-refractivity contribution in [1.82, 2.24) is 4.90 Å². The predicted octanol–water partition coefficient (Wildman–Crippen LogP) is 2.09. The molecule has 0 spiro atoms. The average Bonchev–Trinajstić information content (AvgIpc) is 2.79. The average molecular weight is 210 g/mol. The van der Waals surface area contributed by atoms with Crippen LogP contribution in [0.1, 0.15) is 39.0 Å². The van der Waals surface area contributed by atoms with Crippen LogP contribution in [0.3, 0.4) is 0 Å². The molecular formula is C13H26N2. The second kappa shape index (κ2) is 5.31. The van der Waals surface area contributed by atoms with Gasteiger partial charge in [-0.15, -0.1) is 0 Å². The standard InChI is InChI=1S/C13H26N2/c1-2-11(8-14)6-7-15-9-12-4-3-5-13(12)10-15/h11-13H,2-10,14H2,1H3. The lowest BCUT2D eigenvalue weighted by molar-refractivity contribution is 0.281. The molecule has 2 aliphatic rings. The third-order valence-corrected chi connectivity index (χ3v) is 4.57. The minimum Gasteiger partial charge on any atom is -0.330 e. The van der Waals surface area contributed by atoms with Crippen molar-refractivity contribution in [2.45, 2.75) is 39.0 Å². The molecule has 0 bridgehead atoms. The highest BCUT2D eigenvalue weighted by molar-refractivity contribution is 4.88. The zero-order chi connectivity index (χ0) is 10.7. The van der Waals surface area contributed by atoms with Gasteiger partial charge >= 0.3 is 0 Å². The second-order valence-corrected chi connectivity index (χ2v) is 5.51. The Morgan fingerprint density at radius 2 is 1.93 bits per heavy atom. The third-order valence-electron chi connectivity index (χ3n) is 4.57. The van der Waals surface area contributed by atoms with Crippen LogP contribution in [-0.2, 0) is 0 Å². The molecule has 0 aromatic rings. The van der Waals surface area contributed by atoms with Crippen LogP contribution in [0.5, 0.6) is 0 Å². The highest BCUT2D eigenvalue weighted by Crippen LogP contribution is 2.37. The first-order valence-electron chi connectivity index (χ1n) is 6.76. The first-order valence-corrected chi connectivity index (χ1v) is 6.76. The van der Waals surface area contributed by atoms with Crippen LogP contribution in [0.2, 0.25) is 0 Å². The van der Waals surface area contributed by atoms with E-state index in [2.05, 4.69) is 11.8 Å². The summed E-state index contributed by atoms with van der Waals surface area (Å²) in [5.41, 5.74) is 5.74.